The first-order valence-corrected chi connectivity index (χ1v) is 4.00. The first-order chi connectivity index (χ1) is 6.48. The van der Waals surface area contributed by atoms with Crippen LogP contribution in [0, 0.1) is 6.92 Å². The number of pyridine rings is 1. The zero-order valence-corrected chi connectivity index (χ0v) is 7.34. The number of alkyl halides is 3. The Kier molecular flexibility index (Phi) is 1.77. The van der Waals surface area contributed by atoms with Crippen LogP contribution in [-0.4, -0.2) is 9.38 Å². The number of fused-ring (bicyclic) bond motifs is 1. The minimum absolute atomic E-state index is 0.317. The summed E-state index contributed by atoms with van der Waals surface area (Å²) in [7, 11) is 0. The first-order valence-electron chi connectivity index (χ1n) is 4.00. The number of aromatic nitrogens is 2. The molecule has 0 bridgehead atoms. The van der Waals surface area contributed by atoms with E-state index in [0.29, 0.717) is 11.3 Å². The molecule has 0 N–H and O–H groups in total. The normalized spacial score (nSPS) is 12.3. The molecular weight excluding hydrogens is 193 g/mol. The fourth-order valence-electron chi connectivity index (χ4n) is 1.36. The van der Waals surface area contributed by atoms with Gasteiger partial charge in [-0.3, -0.25) is 4.40 Å². The quantitative estimate of drug-likeness (QED) is 0.639. The minimum Gasteiger partial charge on any atom is -0.295 e. The van der Waals surface area contributed by atoms with E-state index in [1.807, 2.05) is 0 Å². The molecule has 0 aliphatic heterocycles. The molecule has 2 heterocycles. The Morgan fingerprint density at radius 2 is 2.00 bits per heavy atom. The predicted molar refractivity (Wildman–Crippen MR) is 44.9 cm³/mol. The molecule has 0 radical (unpaired) electrons. The van der Waals surface area contributed by atoms with Crippen molar-refractivity contribution in [3.63, 3.8) is 0 Å². The molecule has 0 aliphatic rings. The lowest BCUT2D eigenvalue weighted by Gasteiger charge is -2.08. The van der Waals surface area contributed by atoms with Crippen LogP contribution in [0.4, 0.5) is 13.2 Å². The largest absolute Gasteiger partial charge is 0.431 e. The Morgan fingerprint density at radius 1 is 1.29 bits per heavy atom. The molecule has 0 atom stereocenters. The molecule has 5 heteroatoms. The number of aryl methyl sites for hydroxylation is 1. The zero-order chi connectivity index (χ0) is 10.3. The molecule has 14 heavy (non-hydrogen) atoms. The van der Waals surface area contributed by atoms with Crippen molar-refractivity contribution in [2.45, 2.75) is 13.1 Å². The maximum Gasteiger partial charge on any atom is 0.431 e. The molecule has 2 aromatic heterocycles. The Hall–Kier alpha value is -1.52. The van der Waals surface area contributed by atoms with Gasteiger partial charge in [-0.05, 0) is 19.1 Å². The van der Waals surface area contributed by atoms with Gasteiger partial charge in [0.05, 0.1) is 5.69 Å². The molecule has 0 fully saturated rings. The number of nitrogens with zero attached hydrogens (tertiary/aromatic N) is 2. The predicted octanol–water partition coefficient (Wildman–Crippen LogP) is 2.66. The van der Waals surface area contributed by atoms with E-state index in [9.17, 15) is 13.2 Å². The van der Waals surface area contributed by atoms with Crippen molar-refractivity contribution in [2.75, 3.05) is 0 Å². The molecule has 2 aromatic rings. The van der Waals surface area contributed by atoms with E-state index in [1.165, 1.54) is 12.3 Å². The second-order valence-corrected chi connectivity index (χ2v) is 3.02. The highest BCUT2D eigenvalue weighted by Crippen LogP contribution is 2.29. The second kappa shape index (κ2) is 2.73. The Balaban J connectivity index is 2.77. The van der Waals surface area contributed by atoms with Gasteiger partial charge in [-0.25, -0.2) is 4.98 Å². The second-order valence-electron chi connectivity index (χ2n) is 3.02. The minimum atomic E-state index is -4.34. The lowest BCUT2D eigenvalue weighted by molar-refractivity contribution is -0.142. The fraction of sp³-hybridized carbons (Fsp3) is 0.222. The fourth-order valence-corrected chi connectivity index (χ4v) is 1.36. The number of imidazole rings is 1. The van der Waals surface area contributed by atoms with Crippen LogP contribution in [0.25, 0.3) is 5.65 Å². The van der Waals surface area contributed by atoms with E-state index in [4.69, 9.17) is 0 Å². The summed E-state index contributed by atoms with van der Waals surface area (Å²) in [4.78, 5) is 3.95. The van der Waals surface area contributed by atoms with Gasteiger partial charge in [0, 0.05) is 6.20 Å². The van der Waals surface area contributed by atoms with Crippen LogP contribution in [0.15, 0.2) is 24.4 Å². The summed E-state index contributed by atoms with van der Waals surface area (Å²) in [5.41, 5.74) is 0.189. The summed E-state index contributed by atoms with van der Waals surface area (Å²) >= 11 is 0. The lowest BCUT2D eigenvalue weighted by atomic mass is 10.3. The standard InChI is InChI=1S/C9H7F3N2/c1-6-5-14-7(9(10,11)12)3-2-4-8(14)13-6/h2-5H,1H3. The molecule has 0 aliphatic carbocycles. The van der Waals surface area contributed by atoms with Crippen LogP contribution >= 0.6 is 0 Å². The lowest BCUT2D eigenvalue weighted by Crippen LogP contribution is -2.10. The van der Waals surface area contributed by atoms with Crippen molar-refractivity contribution in [2.24, 2.45) is 0 Å². The van der Waals surface area contributed by atoms with Crippen molar-refractivity contribution in [1.29, 1.82) is 0 Å². The third-order valence-electron chi connectivity index (χ3n) is 1.90. The molecule has 2 rings (SSSR count). The summed E-state index contributed by atoms with van der Waals surface area (Å²) in [6.07, 6.45) is -2.97. The number of halogens is 3. The maximum atomic E-state index is 12.5. The summed E-state index contributed by atoms with van der Waals surface area (Å²) in [6.45, 7) is 1.66. The first kappa shape index (κ1) is 9.05. The Morgan fingerprint density at radius 3 is 2.64 bits per heavy atom. The average Bonchev–Trinajstić information content (AvgIpc) is 2.41. The monoisotopic (exact) mass is 200 g/mol. The molecule has 0 aromatic carbocycles. The third-order valence-corrected chi connectivity index (χ3v) is 1.90. The molecule has 0 saturated carbocycles. The van der Waals surface area contributed by atoms with Gasteiger partial charge in [0.2, 0.25) is 0 Å². The van der Waals surface area contributed by atoms with E-state index >= 15 is 0 Å². The number of hydrogen-bond donors (Lipinski definition) is 0. The van der Waals surface area contributed by atoms with E-state index in [1.54, 1.807) is 13.0 Å². The highest BCUT2D eigenvalue weighted by Gasteiger charge is 2.33. The van der Waals surface area contributed by atoms with E-state index < -0.39 is 11.9 Å². The topological polar surface area (TPSA) is 17.3 Å². The van der Waals surface area contributed by atoms with Gasteiger partial charge in [0.15, 0.2) is 0 Å². The van der Waals surface area contributed by atoms with Gasteiger partial charge >= 0.3 is 6.18 Å². The van der Waals surface area contributed by atoms with Crippen LogP contribution in [0.2, 0.25) is 0 Å². The smallest absolute Gasteiger partial charge is 0.295 e. The number of hydrogen-bond acceptors (Lipinski definition) is 1. The van der Waals surface area contributed by atoms with Crippen molar-refractivity contribution >= 4 is 5.65 Å². The molecule has 74 valence electrons. The van der Waals surface area contributed by atoms with Gasteiger partial charge in [-0.1, -0.05) is 6.07 Å². The van der Waals surface area contributed by atoms with E-state index in [-0.39, 0.29) is 0 Å². The van der Waals surface area contributed by atoms with Crippen molar-refractivity contribution < 1.29 is 13.2 Å². The number of rotatable bonds is 0. The summed E-state index contributed by atoms with van der Waals surface area (Å²) < 4.78 is 38.5. The molecule has 2 nitrogen and oxygen atoms in total. The van der Waals surface area contributed by atoms with Crippen molar-refractivity contribution in [1.82, 2.24) is 9.38 Å². The molecule has 0 unspecified atom stereocenters. The van der Waals surface area contributed by atoms with Crippen molar-refractivity contribution in [3.05, 3.63) is 35.8 Å². The van der Waals surface area contributed by atoms with Gasteiger partial charge in [-0.2, -0.15) is 13.2 Å². The van der Waals surface area contributed by atoms with Crippen molar-refractivity contribution in [3.8, 4) is 0 Å². The van der Waals surface area contributed by atoms with Crippen LogP contribution in [0.3, 0.4) is 0 Å². The average molecular weight is 200 g/mol. The van der Waals surface area contributed by atoms with Gasteiger partial charge in [-0.15, -0.1) is 0 Å². The van der Waals surface area contributed by atoms with Crippen LogP contribution in [0.1, 0.15) is 11.4 Å². The maximum absolute atomic E-state index is 12.5. The SMILES string of the molecule is Cc1cn2c(C(F)(F)F)cccc2n1. The molecule has 0 spiro atoms. The van der Waals surface area contributed by atoms with Crippen LogP contribution < -0.4 is 0 Å². The van der Waals surface area contributed by atoms with Gasteiger partial charge < -0.3 is 0 Å². The van der Waals surface area contributed by atoms with Crippen LogP contribution in [0.5, 0.6) is 0 Å². The highest BCUT2D eigenvalue weighted by atomic mass is 19.4. The van der Waals surface area contributed by atoms with Gasteiger partial charge in [0.25, 0.3) is 0 Å². The summed E-state index contributed by atoms with van der Waals surface area (Å²) in [6, 6.07) is 3.93. The summed E-state index contributed by atoms with van der Waals surface area (Å²) in [5.74, 6) is 0. The van der Waals surface area contributed by atoms with E-state index in [2.05, 4.69) is 4.98 Å². The third kappa shape index (κ3) is 1.34. The molecule has 0 saturated heterocycles. The highest BCUT2D eigenvalue weighted by molar-refractivity contribution is 5.42. The molecular formula is C9H7F3N2. The van der Waals surface area contributed by atoms with E-state index in [0.717, 1.165) is 10.5 Å². The zero-order valence-electron chi connectivity index (χ0n) is 7.34. The van der Waals surface area contributed by atoms with Gasteiger partial charge in [0.1, 0.15) is 11.3 Å². The Bertz CT molecular complexity index is 470. The molecule has 0 amide bonds. The Labute approximate surface area is 78.0 Å². The van der Waals surface area contributed by atoms with Crippen LogP contribution in [-0.2, 0) is 6.18 Å². The summed E-state index contributed by atoms with van der Waals surface area (Å²) in [5, 5.41) is 0.